The number of hydrogen-bond acceptors (Lipinski definition) is 7. The molecule has 0 atom stereocenters. The third-order valence-electron chi connectivity index (χ3n) is 7.19. The summed E-state index contributed by atoms with van der Waals surface area (Å²) >= 11 is 0. The molecule has 0 bridgehead atoms. The van der Waals surface area contributed by atoms with Crippen LogP contribution in [0.25, 0.3) is 0 Å². The first-order valence-electron chi connectivity index (χ1n) is 10.6. The molecule has 1 aliphatic carbocycles. The maximum absolute atomic E-state index is 13.8. The summed E-state index contributed by atoms with van der Waals surface area (Å²) in [5.74, 6) is -1.18. The number of aromatic nitrogens is 4. The summed E-state index contributed by atoms with van der Waals surface area (Å²) in [6, 6.07) is 2.32. The van der Waals surface area contributed by atoms with E-state index in [1.54, 1.807) is 17.1 Å². The van der Waals surface area contributed by atoms with E-state index >= 15 is 0 Å². The summed E-state index contributed by atoms with van der Waals surface area (Å²) in [4.78, 5) is 13.5. The summed E-state index contributed by atoms with van der Waals surface area (Å²) in [6.45, 7) is 4.54. The number of nitriles is 1. The van der Waals surface area contributed by atoms with Gasteiger partial charge in [-0.1, -0.05) is 0 Å². The molecular formula is C21H26F2N8. The molecule has 1 N–H and O–H groups in total. The molecule has 2 aromatic heterocycles. The molecule has 5 rings (SSSR count). The number of nitrogens with one attached hydrogen (secondary N) is 1. The van der Waals surface area contributed by atoms with Crippen molar-refractivity contribution < 1.29 is 8.78 Å². The predicted molar refractivity (Wildman–Crippen MR) is 111 cm³/mol. The van der Waals surface area contributed by atoms with E-state index in [1.165, 1.54) is 0 Å². The Hall–Kier alpha value is -2.80. The number of nitrogens with zero attached hydrogens (tertiary/aromatic N) is 7. The van der Waals surface area contributed by atoms with E-state index in [0.717, 1.165) is 17.1 Å². The number of likely N-dealkylation sites (tertiary alicyclic amines) is 1. The molecule has 0 aromatic carbocycles. The van der Waals surface area contributed by atoms with E-state index in [-0.39, 0.29) is 12.0 Å². The van der Waals surface area contributed by atoms with Crippen molar-refractivity contribution in [3.8, 4) is 6.07 Å². The maximum atomic E-state index is 13.8. The summed E-state index contributed by atoms with van der Waals surface area (Å²) < 4.78 is 29.2. The number of rotatable bonds is 5. The third-order valence-corrected chi connectivity index (χ3v) is 7.19. The molecule has 0 unspecified atom stereocenters. The lowest BCUT2D eigenvalue weighted by Gasteiger charge is -2.57. The van der Waals surface area contributed by atoms with Gasteiger partial charge in [-0.05, 0) is 32.9 Å². The van der Waals surface area contributed by atoms with Gasteiger partial charge in [0.1, 0.15) is 5.82 Å². The highest BCUT2D eigenvalue weighted by Crippen LogP contribution is 2.66. The minimum absolute atomic E-state index is 0.0258. The minimum Gasteiger partial charge on any atom is -0.352 e. The van der Waals surface area contributed by atoms with Crippen molar-refractivity contribution in [1.29, 1.82) is 5.26 Å². The summed E-state index contributed by atoms with van der Waals surface area (Å²) in [7, 11) is 1.84. The summed E-state index contributed by atoms with van der Waals surface area (Å²) in [6.07, 6.45) is 6.77. The van der Waals surface area contributed by atoms with Gasteiger partial charge in [-0.15, -0.1) is 0 Å². The zero-order valence-electron chi connectivity index (χ0n) is 17.8. The molecule has 31 heavy (non-hydrogen) atoms. The lowest BCUT2D eigenvalue weighted by atomic mass is 9.81. The number of anilines is 3. The second-order valence-electron chi connectivity index (χ2n) is 9.29. The van der Waals surface area contributed by atoms with Crippen molar-refractivity contribution in [3.05, 3.63) is 24.2 Å². The quantitative estimate of drug-likeness (QED) is 0.784. The van der Waals surface area contributed by atoms with Crippen LogP contribution in [0.1, 0.15) is 31.2 Å². The molecule has 2 saturated heterocycles. The zero-order chi connectivity index (χ0) is 21.9. The normalized spacial score (nSPS) is 23.3. The summed E-state index contributed by atoms with van der Waals surface area (Å²) in [5.41, 5.74) is 0.683. The van der Waals surface area contributed by atoms with Crippen LogP contribution in [-0.2, 0) is 7.05 Å². The molecule has 2 aromatic rings. The average molecular weight is 428 g/mol. The van der Waals surface area contributed by atoms with Gasteiger partial charge in [0, 0.05) is 49.9 Å². The fourth-order valence-corrected chi connectivity index (χ4v) is 5.15. The maximum Gasteiger partial charge on any atom is 0.254 e. The van der Waals surface area contributed by atoms with Crippen molar-refractivity contribution in [2.24, 2.45) is 12.5 Å². The third kappa shape index (κ3) is 3.31. The lowest BCUT2D eigenvalue weighted by Crippen LogP contribution is -2.71. The number of alkyl halides is 2. The second-order valence-corrected chi connectivity index (χ2v) is 9.29. The molecule has 1 saturated carbocycles. The molecule has 0 amide bonds. The first kappa shape index (κ1) is 20.1. The van der Waals surface area contributed by atoms with Crippen LogP contribution < -0.4 is 10.2 Å². The standard InChI is InChI=1S/C21H26F2N8/c1-15-9-25-18(27-16-10-26-29(2)11-16)28-17(15)30-13-20(14-30,3-6-24)31-7-4-19(5-8-31)12-21(19,22)23/h9-11H,3-5,7-8,12-14H2,1-2H3,(H,25,27,28). The van der Waals surface area contributed by atoms with Crippen LogP contribution in [0.2, 0.25) is 0 Å². The van der Waals surface area contributed by atoms with E-state index in [2.05, 4.69) is 36.3 Å². The predicted octanol–water partition coefficient (Wildman–Crippen LogP) is 2.86. The van der Waals surface area contributed by atoms with Gasteiger partial charge >= 0.3 is 0 Å². The Balaban J connectivity index is 1.29. The van der Waals surface area contributed by atoms with E-state index in [4.69, 9.17) is 0 Å². The van der Waals surface area contributed by atoms with E-state index < -0.39 is 11.3 Å². The van der Waals surface area contributed by atoms with Gasteiger partial charge in [0.2, 0.25) is 5.95 Å². The van der Waals surface area contributed by atoms with Gasteiger partial charge in [0.05, 0.1) is 29.9 Å². The smallest absolute Gasteiger partial charge is 0.254 e. The van der Waals surface area contributed by atoms with Gasteiger partial charge in [0.25, 0.3) is 5.92 Å². The second kappa shape index (κ2) is 6.85. The Morgan fingerprint density at radius 1 is 1.23 bits per heavy atom. The molecule has 0 radical (unpaired) electrons. The SMILES string of the molecule is Cc1cnc(Nc2cnn(C)c2)nc1N1CC(CC#N)(N2CCC3(CC2)CC3(F)F)C1. The molecule has 2 aliphatic heterocycles. The van der Waals surface area contributed by atoms with Crippen molar-refractivity contribution >= 4 is 17.5 Å². The Morgan fingerprint density at radius 2 is 1.94 bits per heavy atom. The van der Waals surface area contributed by atoms with Gasteiger partial charge < -0.3 is 10.2 Å². The van der Waals surface area contributed by atoms with Crippen LogP contribution >= 0.6 is 0 Å². The molecule has 3 aliphatic rings. The average Bonchev–Trinajstić information content (AvgIpc) is 3.00. The molecule has 164 valence electrons. The van der Waals surface area contributed by atoms with Crippen LogP contribution in [0.3, 0.4) is 0 Å². The highest BCUT2D eigenvalue weighted by molar-refractivity contribution is 5.57. The zero-order valence-corrected chi connectivity index (χ0v) is 17.8. The highest BCUT2D eigenvalue weighted by atomic mass is 19.3. The topological polar surface area (TPSA) is 85.9 Å². The highest BCUT2D eigenvalue weighted by Gasteiger charge is 2.71. The Morgan fingerprint density at radius 3 is 2.52 bits per heavy atom. The Bertz CT molecular complexity index is 1030. The molecular weight excluding hydrogens is 402 g/mol. The van der Waals surface area contributed by atoms with Crippen LogP contribution in [-0.4, -0.2) is 62.3 Å². The summed E-state index contributed by atoms with van der Waals surface area (Å²) in [5, 5.41) is 16.8. The molecule has 4 heterocycles. The molecule has 3 fully saturated rings. The fraction of sp³-hybridized carbons (Fsp3) is 0.619. The van der Waals surface area contributed by atoms with Crippen molar-refractivity contribution in [2.45, 2.75) is 44.1 Å². The molecule has 8 nitrogen and oxygen atoms in total. The lowest BCUT2D eigenvalue weighted by molar-refractivity contribution is -0.0128. The number of halogens is 2. The van der Waals surface area contributed by atoms with Gasteiger partial charge in [0.15, 0.2) is 0 Å². The largest absolute Gasteiger partial charge is 0.352 e. The van der Waals surface area contributed by atoms with E-state index in [0.29, 0.717) is 51.4 Å². The van der Waals surface area contributed by atoms with E-state index in [9.17, 15) is 14.0 Å². The minimum atomic E-state index is -2.50. The van der Waals surface area contributed by atoms with Crippen LogP contribution in [0.4, 0.5) is 26.2 Å². The van der Waals surface area contributed by atoms with Gasteiger partial charge in [-0.3, -0.25) is 9.58 Å². The monoisotopic (exact) mass is 428 g/mol. The first-order chi connectivity index (χ1) is 14.8. The first-order valence-corrected chi connectivity index (χ1v) is 10.6. The molecule has 10 heteroatoms. The van der Waals surface area contributed by atoms with Gasteiger partial charge in [-0.2, -0.15) is 15.3 Å². The van der Waals surface area contributed by atoms with E-state index in [1.807, 2.05) is 20.2 Å². The Labute approximate surface area is 179 Å². The number of aryl methyl sites for hydroxylation is 2. The number of piperidine rings is 1. The molecule has 1 spiro atoms. The van der Waals surface area contributed by atoms with Crippen molar-refractivity contribution in [2.75, 3.05) is 36.4 Å². The fourth-order valence-electron chi connectivity index (χ4n) is 5.15. The van der Waals surface area contributed by atoms with Crippen LogP contribution in [0, 0.1) is 23.7 Å². The Kier molecular flexibility index (Phi) is 4.45. The van der Waals surface area contributed by atoms with Crippen molar-refractivity contribution in [3.63, 3.8) is 0 Å². The van der Waals surface area contributed by atoms with Gasteiger partial charge in [-0.25, -0.2) is 13.8 Å². The van der Waals surface area contributed by atoms with Crippen molar-refractivity contribution in [1.82, 2.24) is 24.6 Å². The number of hydrogen-bond donors (Lipinski definition) is 1. The van der Waals surface area contributed by atoms with Crippen LogP contribution in [0.15, 0.2) is 18.6 Å². The van der Waals surface area contributed by atoms with Crippen LogP contribution in [0.5, 0.6) is 0 Å².